The molecule has 0 radical (unpaired) electrons. The van der Waals surface area contributed by atoms with Gasteiger partial charge in [-0.3, -0.25) is 4.79 Å². The fourth-order valence-electron chi connectivity index (χ4n) is 2.37. The highest BCUT2D eigenvalue weighted by Gasteiger charge is 2.04. The highest BCUT2D eigenvalue weighted by Crippen LogP contribution is 2.30. The SMILES string of the molecule is O=C(Cc1cccc(O)c1)N/N=C/c1ccccc1Sc1ccc(Cl)cc1. The third-order valence-corrected chi connectivity index (χ3v) is 4.98. The molecule has 0 spiro atoms. The number of carbonyl (C=O) groups is 1. The van der Waals surface area contributed by atoms with E-state index in [-0.39, 0.29) is 18.1 Å². The van der Waals surface area contributed by atoms with Gasteiger partial charge in [0.2, 0.25) is 5.91 Å². The van der Waals surface area contributed by atoms with Crippen LogP contribution in [0, 0.1) is 0 Å². The average molecular weight is 397 g/mol. The summed E-state index contributed by atoms with van der Waals surface area (Å²) in [4.78, 5) is 14.1. The van der Waals surface area contributed by atoms with E-state index in [9.17, 15) is 9.90 Å². The number of rotatable bonds is 6. The smallest absolute Gasteiger partial charge is 0.244 e. The van der Waals surface area contributed by atoms with E-state index in [2.05, 4.69) is 10.5 Å². The summed E-state index contributed by atoms with van der Waals surface area (Å²) in [6.07, 6.45) is 1.77. The lowest BCUT2D eigenvalue weighted by Gasteiger charge is -2.06. The zero-order valence-corrected chi connectivity index (χ0v) is 15.9. The average Bonchev–Trinajstić information content (AvgIpc) is 2.65. The Morgan fingerprint density at radius 3 is 2.63 bits per heavy atom. The Hall–Kier alpha value is -2.76. The number of halogens is 1. The Labute approximate surface area is 166 Å². The molecule has 0 fully saturated rings. The van der Waals surface area contributed by atoms with Crippen molar-refractivity contribution in [2.24, 2.45) is 5.10 Å². The van der Waals surface area contributed by atoms with E-state index in [1.54, 1.807) is 42.2 Å². The van der Waals surface area contributed by atoms with E-state index in [1.807, 2.05) is 48.5 Å². The molecule has 0 aliphatic rings. The molecule has 136 valence electrons. The quantitative estimate of drug-likeness (QED) is 0.460. The second-order valence-electron chi connectivity index (χ2n) is 5.73. The van der Waals surface area contributed by atoms with Gasteiger partial charge in [-0.2, -0.15) is 5.10 Å². The van der Waals surface area contributed by atoms with Crippen molar-refractivity contribution in [2.75, 3.05) is 0 Å². The fourth-order valence-corrected chi connectivity index (χ4v) is 3.41. The van der Waals surface area contributed by atoms with Gasteiger partial charge in [0, 0.05) is 20.4 Å². The summed E-state index contributed by atoms with van der Waals surface area (Å²) < 4.78 is 0. The number of hydrogen-bond donors (Lipinski definition) is 2. The molecule has 3 aromatic carbocycles. The molecule has 0 unspecified atom stereocenters. The summed E-state index contributed by atoms with van der Waals surface area (Å²) in [5.74, 6) is -0.114. The van der Waals surface area contributed by atoms with Crippen molar-refractivity contribution in [1.82, 2.24) is 5.43 Å². The number of aromatic hydroxyl groups is 1. The summed E-state index contributed by atoms with van der Waals surface area (Å²) >= 11 is 7.52. The lowest BCUT2D eigenvalue weighted by molar-refractivity contribution is -0.120. The van der Waals surface area contributed by atoms with Gasteiger partial charge < -0.3 is 5.11 Å². The number of carbonyl (C=O) groups excluding carboxylic acids is 1. The predicted octanol–water partition coefficient (Wildman–Crippen LogP) is 4.89. The Kier molecular flexibility index (Phi) is 6.52. The van der Waals surface area contributed by atoms with Crippen LogP contribution in [0.5, 0.6) is 5.75 Å². The van der Waals surface area contributed by atoms with Gasteiger partial charge in [0.1, 0.15) is 5.75 Å². The van der Waals surface area contributed by atoms with Crippen LogP contribution in [-0.2, 0) is 11.2 Å². The molecule has 0 aromatic heterocycles. The largest absolute Gasteiger partial charge is 0.508 e. The normalized spacial score (nSPS) is 10.9. The minimum absolute atomic E-state index is 0.136. The molecule has 27 heavy (non-hydrogen) atoms. The van der Waals surface area contributed by atoms with Gasteiger partial charge in [0.25, 0.3) is 0 Å². The van der Waals surface area contributed by atoms with Crippen molar-refractivity contribution in [2.45, 2.75) is 16.2 Å². The van der Waals surface area contributed by atoms with Crippen LogP contribution in [0.25, 0.3) is 0 Å². The number of phenols is 1. The Morgan fingerprint density at radius 1 is 1.07 bits per heavy atom. The van der Waals surface area contributed by atoms with Gasteiger partial charge >= 0.3 is 0 Å². The van der Waals surface area contributed by atoms with E-state index in [4.69, 9.17) is 11.6 Å². The summed E-state index contributed by atoms with van der Waals surface area (Å²) in [5.41, 5.74) is 4.14. The maximum atomic E-state index is 12.0. The summed E-state index contributed by atoms with van der Waals surface area (Å²) in [7, 11) is 0. The third-order valence-electron chi connectivity index (χ3n) is 3.63. The van der Waals surface area contributed by atoms with Crippen molar-refractivity contribution >= 4 is 35.5 Å². The van der Waals surface area contributed by atoms with Gasteiger partial charge in [0.15, 0.2) is 0 Å². The van der Waals surface area contributed by atoms with E-state index >= 15 is 0 Å². The second-order valence-corrected chi connectivity index (χ2v) is 7.29. The number of hydrogen-bond acceptors (Lipinski definition) is 4. The molecular formula is C21H17ClN2O2S. The van der Waals surface area contributed by atoms with E-state index in [0.29, 0.717) is 5.02 Å². The topological polar surface area (TPSA) is 61.7 Å². The highest BCUT2D eigenvalue weighted by atomic mass is 35.5. The zero-order chi connectivity index (χ0) is 19.1. The van der Waals surface area contributed by atoms with Crippen molar-refractivity contribution < 1.29 is 9.90 Å². The number of phenolic OH excluding ortho intramolecular Hbond substituents is 1. The Bertz CT molecular complexity index is 958. The molecule has 0 aliphatic carbocycles. The van der Waals surface area contributed by atoms with E-state index in [1.165, 1.54) is 0 Å². The van der Waals surface area contributed by atoms with Crippen molar-refractivity contribution in [1.29, 1.82) is 0 Å². The minimum Gasteiger partial charge on any atom is -0.508 e. The van der Waals surface area contributed by atoms with E-state index in [0.717, 1.165) is 20.9 Å². The number of nitrogens with one attached hydrogen (secondary N) is 1. The number of nitrogens with zero attached hydrogens (tertiary/aromatic N) is 1. The van der Waals surface area contributed by atoms with Crippen LogP contribution < -0.4 is 5.43 Å². The first-order valence-corrected chi connectivity index (χ1v) is 9.42. The molecule has 6 heteroatoms. The first kappa shape index (κ1) is 19.0. The Balaban J connectivity index is 1.63. The van der Waals surface area contributed by atoms with Gasteiger partial charge in [-0.05, 0) is 48.0 Å². The molecule has 0 saturated carbocycles. The summed E-state index contributed by atoms with van der Waals surface area (Å²) in [5, 5.41) is 14.2. The molecule has 1 amide bonds. The van der Waals surface area contributed by atoms with Crippen molar-refractivity contribution in [3.05, 3.63) is 88.9 Å². The number of hydrazone groups is 1. The third kappa shape index (κ3) is 5.88. The van der Waals surface area contributed by atoms with Crippen LogP contribution in [0.15, 0.2) is 87.7 Å². The maximum absolute atomic E-state index is 12.0. The van der Waals surface area contributed by atoms with Crippen LogP contribution in [0.2, 0.25) is 5.02 Å². The molecule has 4 nitrogen and oxygen atoms in total. The Morgan fingerprint density at radius 2 is 1.85 bits per heavy atom. The standard InChI is InChI=1S/C21H17ClN2O2S/c22-17-8-10-19(11-9-17)27-20-7-2-1-5-16(20)14-23-24-21(26)13-15-4-3-6-18(25)12-15/h1-12,14,25H,13H2,(H,24,26)/b23-14+. The molecule has 0 bridgehead atoms. The van der Waals surface area contributed by atoms with Crippen LogP contribution in [0.3, 0.4) is 0 Å². The first-order valence-electron chi connectivity index (χ1n) is 8.22. The molecule has 0 saturated heterocycles. The maximum Gasteiger partial charge on any atom is 0.244 e. The van der Waals surface area contributed by atoms with Crippen LogP contribution in [-0.4, -0.2) is 17.2 Å². The van der Waals surface area contributed by atoms with Crippen LogP contribution >= 0.6 is 23.4 Å². The molecule has 3 aromatic rings. The van der Waals surface area contributed by atoms with Crippen LogP contribution in [0.4, 0.5) is 0 Å². The lowest BCUT2D eigenvalue weighted by atomic mass is 10.1. The van der Waals surface area contributed by atoms with Gasteiger partial charge in [-0.1, -0.05) is 53.7 Å². The molecule has 2 N–H and O–H groups in total. The van der Waals surface area contributed by atoms with Crippen molar-refractivity contribution in [3.8, 4) is 5.75 Å². The minimum atomic E-state index is -0.250. The van der Waals surface area contributed by atoms with E-state index < -0.39 is 0 Å². The van der Waals surface area contributed by atoms with Crippen molar-refractivity contribution in [3.63, 3.8) is 0 Å². The van der Waals surface area contributed by atoms with Gasteiger partial charge in [-0.25, -0.2) is 5.43 Å². The molecule has 0 atom stereocenters. The summed E-state index contributed by atoms with van der Waals surface area (Å²) in [6, 6.07) is 22.0. The summed E-state index contributed by atoms with van der Waals surface area (Å²) in [6.45, 7) is 0. The molecule has 3 rings (SSSR count). The van der Waals surface area contributed by atoms with Gasteiger partial charge in [0.05, 0.1) is 12.6 Å². The lowest BCUT2D eigenvalue weighted by Crippen LogP contribution is -2.19. The fraction of sp³-hybridized carbons (Fsp3) is 0.0476. The van der Waals surface area contributed by atoms with Crippen LogP contribution in [0.1, 0.15) is 11.1 Å². The number of amides is 1. The van der Waals surface area contributed by atoms with Gasteiger partial charge in [-0.15, -0.1) is 0 Å². The number of benzene rings is 3. The molecular weight excluding hydrogens is 380 g/mol. The first-order chi connectivity index (χ1) is 13.1. The highest BCUT2D eigenvalue weighted by molar-refractivity contribution is 7.99. The molecule has 0 aliphatic heterocycles. The monoisotopic (exact) mass is 396 g/mol. The second kappa shape index (κ2) is 9.26. The predicted molar refractivity (Wildman–Crippen MR) is 110 cm³/mol. The molecule has 0 heterocycles. The zero-order valence-electron chi connectivity index (χ0n) is 14.3.